The topological polar surface area (TPSA) is 77.1 Å². The lowest BCUT2D eigenvalue weighted by Gasteiger charge is -2.07. The number of nitrogens with zero attached hydrogens (tertiary/aromatic N) is 3. The van der Waals surface area contributed by atoms with Crippen LogP contribution in [0.2, 0.25) is 0 Å². The molecule has 0 aromatic heterocycles. The smallest absolute Gasteiger partial charge is 0.320 e. The van der Waals surface area contributed by atoms with Crippen molar-refractivity contribution in [2.24, 2.45) is 10.2 Å². The third kappa shape index (κ3) is 3.66. The van der Waals surface area contributed by atoms with Crippen LogP contribution in [-0.2, 0) is 0 Å². The Bertz CT molecular complexity index is 672. The Kier molecular flexibility index (Phi) is 5.19. The van der Waals surface area contributed by atoms with Gasteiger partial charge in [-0.2, -0.15) is 0 Å². The van der Waals surface area contributed by atoms with Crippen LogP contribution in [-0.4, -0.2) is 18.2 Å². The van der Waals surface area contributed by atoms with Gasteiger partial charge in [-0.1, -0.05) is 43.3 Å². The summed E-state index contributed by atoms with van der Waals surface area (Å²) in [6.07, 6.45) is -0.748. The number of nitro groups is 1. The molecule has 6 heteroatoms. The third-order valence-electron chi connectivity index (χ3n) is 3.19. The van der Waals surface area contributed by atoms with E-state index in [9.17, 15) is 10.1 Å². The van der Waals surface area contributed by atoms with Gasteiger partial charge in [-0.15, -0.1) is 10.2 Å². The Morgan fingerprint density at radius 1 is 1.18 bits per heavy atom. The summed E-state index contributed by atoms with van der Waals surface area (Å²) in [6, 6.07) is 15.3. The molecule has 0 heterocycles. The van der Waals surface area contributed by atoms with Crippen LogP contribution < -0.4 is 4.74 Å². The predicted octanol–water partition coefficient (Wildman–Crippen LogP) is 4.46. The quantitative estimate of drug-likeness (QED) is 0.449. The van der Waals surface area contributed by atoms with E-state index in [2.05, 4.69) is 10.2 Å². The zero-order chi connectivity index (χ0) is 15.9. The summed E-state index contributed by atoms with van der Waals surface area (Å²) < 4.78 is 5.24. The van der Waals surface area contributed by atoms with Crippen molar-refractivity contribution in [2.45, 2.75) is 19.5 Å². The fourth-order valence-electron chi connectivity index (χ4n) is 1.98. The van der Waals surface area contributed by atoms with Crippen LogP contribution in [0.1, 0.15) is 13.3 Å². The largest absolute Gasteiger partial charge is 0.494 e. The first-order chi connectivity index (χ1) is 10.7. The molecule has 2 aromatic rings. The Labute approximate surface area is 128 Å². The zero-order valence-corrected chi connectivity index (χ0v) is 12.5. The lowest BCUT2D eigenvalue weighted by molar-refractivity contribution is -0.521. The third-order valence-corrected chi connectivity index (χ3v) is 3.19. The Morgan fingerprint density at radius 2 is 1.91 bits per heavy atom. The van der Waals surface area contributed by atoms with E-state index in [0.717, 1.165) is 11.1 Å². The molecule has 2 aromatic carbocycles. The van der Waals surface area contributed by atoms with E-state index < -0.39 is 11.1 Å². The standard InChI is InChI=1S/C16H17N3O3/c1-3-16(19(20)21)18-17-14-11-13(9-10-15(14)22-2)12-7-5-4-6-8-12/h4-11,16H,3H2,1-2H3. The molecule has 0 aliphatic heterocycles. The Hall–Kier alpha value is -2.76. The minimum absolute atomic E-state index is 0.289. The van der Waals surface area contributed by atoms with Crippen LogP contribution in [0.25, 0.3) is 11.1 Å². The average Bonchev–Trinajstić information content (AvgIpc) is 2.55. The molecular formula is C16H17N3O3. The second-order valence-corrected chi connectivity index (χ2v) is 4.64. The van der Waals surface area contributed by atoms with E-state index in [1.165, 1.54) is 7.11 Å². The highest BCUT2D eigenvalue weighted by Gasteiger charge is 2.15. The van der Waals surface area contributed by atoms with Gasteiger partial charge in [-0.05, 0) is 23.3 Å². The minimum Gasteiger partial charge on any atom is -0.494 e. The second-order valence-electron chi connectivity index (χ2n) is 4.64. The number of benzene rings is 2. The minimum atomic E-state index is -1.04. The zero-order valence-electron chi connectivity index (χ0n) is 12.5. The highest BCUT2D eigenvalue weighted by atomic mass is 16.6. The molecule has 2 rings (SSSR count). The van der Waals surface area contributed by atoms with Gasteiger partial charge in [-0.25, -0.2) is 0 Å². The van der Waals surface area contributed by atoms with Gasteiger partial charge in [-0.3, -0.25) is 10.1 Å². The molecule has 6 nitrogen and oxygen atoms in total. The number of azo groups is 1. The number of ether oxygens (including phenoxy) is 1. The van der Waals surface area contributed by atoms with Crippen LogP contribution in [0.15, 0.2) is 58.8 Å². The van der Waals surface area contributed by atoms with Crippen LogP contribution in [0.5, 0.6) is 5.75 Å². The maximum absolute atomic E-state index is 10.8. The Morgan fingerprint density at radius 3 is 2.50 bits per heavy atom. The number of methoxy groups -OCH3 is 1. The van der Waals surface area contributed by atoms with Gasteiger partial charge < -0.3 is 4.74 Å². The van der Waals surface area contributed by atoms with Crippen LogP contribution >= 0.6 is 0 Å². The van der Waals surface area contributed by atoms with Gasteiger partial charge in [0.25, 0.3) is 0 Å². The molecule has 0 spiro atoms. The fourth-order valence-corrected chi connectivity index (χ4v) is 1.98. The number of hydrogen-bond donors (Lipinski definition) is 0. The molecule has 114 valence electrons. The fraction of sp³-hybridized carbons (Fsp3) is 0.250. The van der Waals surface area contributed by atoms with Gasteiger partial charge in [0, 0.05) is 11.3 Å². The SMILES string of the molecule is CCC(N=Nc1cc(-c2ccccc2)ccc1OC)[N+](=O)[O-]. The lowest BCUT2D eigenvalue weighted by atomic mass is 10.1. The summed E-state index contributed by atoms with van der Waals surface area (Å²) in [4.78, 5) is 10.4. The van der Waals surface area contributed by atoms with Gasteiger partial charge >= 0.3 is 6.17 Å². The summed E-state index contributed by atoms with van der Waals surface area (Å²) in [7, 11) is 1.53. The van der Waals surface area contributed by atoms with Crippen molar-refractivity contribution in [3.8, 4) is 16.9 Å². The van der Waals surface area contributed by atoms with Crippen molar-refractivity contribution < 1.29 is 9.66 Å². The van der Waals surface area contributed by atoms with E-state index in [0.29, 0.717) is 11.4 Å². The number of hydrogen-bond acceptors (Lipinski definition) is 5. The maximum Gasteiger partial charge on any atom is 0.320 e. The van der Waals surface area contributed by atoms with Crippen molar-refractivity contribution in [2.75, 3.05) is 7.11 Å². The number of rotatable bonds is 6. The molecule has 0 aliphatic rings. The van der Waals surface area contributed by atoms with Crippen LogP contribution in [0, 0.1) is 10.1 Å². The van der Waals surface area contributed by atoms with E-state index in [1.807, 2.05) is 42.5 Å². The van der Waals surface area contributed by atoms with E-state index in [1.54, 1.807) is 13.0 Å². The van der Waals surface area contributed by atoms with Crippen molar-refractivity contribution in [3.63, 3.8) is 0 Å². The molecule has 0 bridgehead atoms. The first-order valence-corrected chi connectivity index (χ1v) is 6.93. The average molecular weight is 299 g/mol. The monoisotopic (exact) mass is 299 g/mol. The van der Waals surface area contributed by atoms with E-state index in [-0.39, 0.29) is 6.42 Å². The van der Waals surface area contributed by atoms with Crippen molar-refractivity contribution in [1.82, 2.24) is 0 Å². The van der Waals surface area contributed by atoms with Gasteiger partial charge in [0.2, 0.25) is 0 Å². The van der Waals surface area contributed by atoms with Crippen LogP contribution in [0.4, 0.5) is 5.69 Å². The highest BCUT2D eigenvalue weighted by molar-refractivity contribution is 5.70. The van der Waals surface area contributed by atoms with Gasteiger partial charge in [0.15, 0.2) is 0 Å². The molecule has 0 aliphatic carbocycles. The molecule has 0 fully saturated rings. The van der Waals surface area contributed by atoms with Gasteiger partial charge in [0.1, 0.15) is 11.4 Å². The molecule has 0 amide bonds. The van der Waals surface area contributed by atoms with Crippen molar-refractivity contribution >= 4 is 5.69 Å². The molecular weight excluding hydrogens is 282 g/mol. The lowest BCUT2D eigenvalue weighted by Crippen LogP contribution is -2.14. The van der Waals surface area contributed by atoms with E-state index in [4.69, 9.17) is 4.74 Å². The van der Waals surface area contributed by atoms with Crippen LogP contribution in [0.3, 0.4) is 0 Å². The summed E-state index contributed by atoms with van der Waals surface area (Å²) in [5.41, 5.74) is 2.46. The molecule has 1 unspecified atom stereocenters. The first kappa shape index (κ1) is 15.6. The van der Waals surface area contributed by atoms with E-state index >= 15 is 0 Å². The second kappa shape index (κ2) is 7.31. The molecule has 1 atom stereocenters. The van der Waals surface area contributed by atoms with Gasteiger partial charge in [0.05, 0.1) is 7.11 Å². The Balaban J connectivity index is 2.37. The molecule has 0 radical (unpaired) electrons. The normalized spacial score (nSPS) is 12.3. The molecule has 0 saturated carbocycles. The molecule has 0 N–H and O–H groups in total. The first-order valence-electron chi connectivity index (χ1n) is 6.93. The van der Waals surface area contributed by atoms with Crippen molar-refractivity contribution in [1.29, 1.82) is 0 Å². The molecule has 22 heavy (non-hydrogen) atoms. The summed E-state index contributed by atoms with van der Waals surface area (Å²) in [5, 5.41) is 18.6. The summed E-state index contributed by atoms with van der Waals surface area (Å²) in [5.74, 6) is 0.529. The maximum atomic E-state index is 10.8. The summed E-state index contributed by atoms with van der Waals surface area (Å²) in [6.45, 7) is 1.70. The van der Waals surface area contributed by atoms with Crippen molar-refractivity contribution in [3.05, 3.63) is 58.6 Å². The molecule has 0 saturated heterocycles. The summed E-state index contributed by atoms with van der Waals surface area (Å²) >= 11 is 0. The predicted molar refractivity (Wildman–Crippen MR) is 84.0 cm³/mol. The highest BCUT2D eigenvalue weighted by Crippen LogP contribution is 2.33.